The number of carbonyl (C=O) groups is 1. The molecule has 1 heterocycles. The zero-order valence-corrected chi connectivity index (χ0v) is 18.7. The van der Waals surface area contributed by atoms with Crippen molar-refractivity contribution >= 4 is 52.2 Å². The zero-order valence-electron chi connectivity index (χ0n) is 17.2. The van der Waals surface area contributed by atoms with Gasteiger partial charge in [-0.2, -0.15) is 0 Å². The number of rotatable bonds is 7. The van der Waals surface area contributed by atoms with Crippen molar-refractivity contribution in [2.45, 2.75) is 18.2 Å². The summed E-state index contributed by atoms with van der Waals surface area (Å²) in [5.41, 5.74) is 4.85. The van der Waals surface area contributed by atoms with Crippen LogP contribution in [0.3, 0.4) is 0 Å². The number of fused-ring (bicyclic) bond motifs is 1. The van der Waals surface area contributed by atoms with Crippen molar-refractivity contribution in [3.63, 3.8) is 0 Å². The number of alkyl halides is 1. The second kappa shape index (κ2) is 9.99. The molecular formula is C27H21Cl2NO2. The maximum atomic E-state index is 11.4. The highest BCUT2D eigenvalue weighted by molar-refractivity contribution is 6.31. The topological polar surface area (TPSA) is 50.2 Å². The van der Waals surface area contributed by atoms with E-state index < -0.39 is 5.97 Å². The van der Waals surface area contributed by atoms with Gasteiger partial charge in [-0.15, -0.1) is 11.6 Å². The van der Waals surface area contributed by atoms with Gasteiger partial charge in [0.2, 0.25) is 0 Å². The van der Waals surface area contributed by atoms with Crippen LogP contribution in [-0.4, -0.2) is 16.1 Å². The average Bonchev–Trinajstić information content (AvgIpc) is 2.81. The summed E-state index contributed by atoms with van der Waals surface area (Å²) in [5.74, 6) is -0.913. The summed E-state index contributed by atoms with van der Waals surface area (Å²) in [6, 6.07) is 24.8. The summed E-state index contributed by atoms with van der Waals surface area (Å²) in [6.45, 7) is 0. The molecular weight excluding hydrogens is 441 g/mol. The third-order valence-electron chi connectivity index (χ3n) is 5.31. The van der Waals surface area contributed by atoms with E-state index in [1.54, 1.807) is 12.1 Å². The second-order valence-corrected chi connectivity index (χ2v) is 8.51. The van der Waals surface area contributed by atoms with Gasteiger partial charge in [-0.05, 0) is 59.9 Å². The van der Waals surface area contributed by atoms with Gasteiger partial charge in [-0.3, -0.25) is 0 Å². The Hall–Kier alpha value is -3.14. The fourth-order valence-corrected chi connectivity index (χ4v) is 4.05. The lowest BCUT2D eigenvalue weighted by Gasteiger charge is -2.12. The lowest BCUT2D eigenvalue weighted by molar-refractivity contribution is 0.0695. The number of aromatic nitrogens is 1. The normalized spacial score (nSPS) is 12.3. The Morgan fingerprint density at radius 2 is 1.78 bits per heavy atom. The first kappa shape index (κ1) is 22.1. The third kappa shape index (κ3) is 5.37. The van der Waals surface area contributed by atoms with Crippen molar-refractivity contribution in [3.05, 3.63) is 112 Å². The Kier molecular flexibility index (Phi) is 6.89. The highest BCUT2D eigenvalue weighted by Gasteiger charge is 2.13. The Labute approximate surface area is 197 Å². The van der Waals surface area contributed by atoms with E-state index in [9.17, 15) is 9.90 Å². The number of benzene rings is 3. The van der Waals surface area contributed by atoms with Gasteiger partial charge in [-0.1, -0.05) is 72.3 Å². The minimum Gasteiger partial charge on any atom is -0.478 e. The van der Waals surface area contributed by atoms with E-state index in [2.05, 4.69) is 11.1 Å². The van der Waals surface area contributed by atoms with Gasteiger partial charge in [0.25, 0.3) is 0 Å². The predicted molar refractivity (Wildman–Crippen MR) is 132 cm³/mol. The molecule has 0 radical (unpaired) electrons. The van der Waals surface area contributed by atoms with Crippen molar-refractivity contribution in [2.75, 3.05) is 0 Å². The summed E-state index contributed by atoms with van der Waals surface area (Å²) >= 11 is 12.7. The van der Waals surface area contributed by atoms with Gasteiger partial charge < -0.3 is 5.11 Å². The number of pyridine rings is 1. The number of carboxylic acids is 1. The molecule has 4 aromatic rings. The predicted octanol–water partition coefficient (Wildman–Crippen LogP) is 7.67. The third-order valence-corrected chi connectivity index (χ3v) is 6.01. The summed E-state index contributed by atoms with van der Waals surface area (Å²) in [5, 5.41) is 10.8. The van der Waals surface area contributed by atoms with Crippen LogP contribution in [0, 0.1) is 0 Å². The van der Waals surface area contributed by atoms with Crippen LogP contribution in [0.1, 0.15) is 44.5 Å². The minimum atomic E-state index is -0.913. The standard InChI is InChI=1S/C27H21Cl2NO2/c28-22-12-9-20-10-14-23(30-26(20)17-22)13-8-18-4-3-6-21(16-18)25(29)15-11-19-5-1-2-7-24(19)27(31)32/h1-10,12-14,16-17,25H,11,15H2,(H,31,32). The molecule has 0 aliphatic rings. The van der Waals surface area contributed by atoms with Crippen LogP contribution in [0.4, 0.5) is 0 Å². The molecule has 1 N–H and O–H groups in total. The number of halogens is 2. The molecule has 0 aliphatic heterocycles. The fourth-order valence-electron chi connectivity index (χ4n) is 3.63. The molecule has 3 nitrogen and oxygen atoms in total. The highest BCUT2D eigenvalue weighted by atomic mass is 35.5. The molecule has 0 saturated heterocycles. The van der Waals surface area contributed by atoms with Crippen LogP contribution in [-0.2, 0) is 6.42 Å². The SMILES string of the molecule is O=C(O)c1ccccc1CCC(Cl)c1cccc(C=Cc2ccc3ccc(Cl)cc3n2)c1. The van der Waals surface area contributed by atoms with Crippen molar-refractivity contribution in [1.82, 2.24) is 4.98 Å². The Balaban J connectivity index is 1.47. The maximum absolute atomic E-state index is 11.4. The summed E-state index contributed by atoms with van der Waals surface area (Å²) in [6.07, 6.45) is 5.21. The molecule has 5 heteroatoms. The number of carboxylic acid groups (broad SMARTS) is 1. The molecule has 160 valence electrons. The number of hydrogen-bond donors (Lipinski definition) is 1. The lowest BCUT2D eigenvalue weighted by atomic mass is 9.98. The number of aryl methyl sites for hydroxylation is 1. The molecule has 4 rings (SSSR count). The van der Waals surface area contributed by atoms with Crippen molar-refractivity contribution in [3.8, 4) is 0 Å². The van der Waals surface area contributed by atoms with Gasteiger partial charge in [0, 0.05) is 10.4 Å². The monoisotopic (exact) mass is 461 g/mol. The van der Waals surface area contributed by atoms with Crippen LogP contribution < -0.4 is 0 Å². The quantitative estimate of drug-likeness (QED) is 0.287. The molecule has 1 aromatic heterocycles. The Morgan fingerprint density at radius 3 is 2.62 bits per heavy atom. The lowest BCUT2D eigenvalue weighted by Crippen LogP contribution is -2.03. The van der Waals surface area contributed by atoms with E-state index in [-0.39, 0.29) is 5.38 Å². The van der Waals surface area contributed by atoms with E-state index in [4.69, 9.17) is 23.2 Å². The first-order chi connectivity index (χ1) is 15.5. The van der Waals surface area contributed by atoms with Crippen molar-refractivity contribution < 1.29 is 9.90 Å². The smallest absolute Gasteiger partial charge is 0.335 e. The molecule has 32 heavy (non-hydrogen) atoms. The van der Waals surface area contributed by atoms with E-state index >= 15 is 0 Å². The molecule has 0 aliphatic carbocycles. The van der Waals surface area contributed by atoms with Crippen LogP contribution in [0.25, 0.3) is 23.1 Å². The summed E-state index contributed by atoms with van der Waals surface area (Å²) in [7, 11) is 0. The second-order valence-electron chi connectivity index (χ2n) is 7.55. The highest BCUT2D eigenvalue weighted by Crippen LogP contribution is 2.28. The van der Waals surface area contributed by atoms with E-state index in [1.807, 2.05) is 72.8 Å². The number of aromatic carboxylic acids is 1. The molecule has 0 fully saturated rings. The largest absolute Gasteiger partial charge is 0.478 e. The van der Waals surface area contributed by atoms with Gasteiger partial charge in [0.1, 0.15) is 0 Å². The number of hydrogen-bond acceptors (Lipinski definition) is 2. The Morgan fingerprint density at radius 1 is 0.969 bits per heavy atom. The molecule has 0 bridgehead atoms. The van der Waals surface area contributed by atoms with Gasteiger partial charge in [0.15, 0.2) is 0 Å². The van der Waals surface area contributed by atoms with Crippen molar-refractivity contribution in [1.29, 1.82) is 0 Å². The molecule has 0 amide bonds. The zero-order chi connectivity index (χ0) is 22.5. The van der Waals surface area contributed by atoms with Crippen LogP contribution in [0.2, 0.25) is 5.02 Å². The van der Waals surface area contributed by atoms with Gasteiger partial charge in [-0.25, -0.2) is 9.78 Å². The number of nitrogens with zero attached hydrogens (tertiary/aromatic N) is 1. The van der Waals surface area contributed by atoms with Crippen molar-refractivity contribution in [2.24, 2.45) is 0 Å². The molecule has 1 unspecified atom stereocenters. The Bertz CT molecular complexity index is 1300. The average molecular weight is 462 g/mol. The van der Waals surface area contributed by atoms with E-state index in [0.29, 0.717) is 23.4 Å². The first-order valence-corrected chi connectivity index (χ1v) is 11.1. The fraction of sp³-hybridized carbons (Fsp3) is 0.111. The summed E-state index contributed by atoms with van der Waals surface area (Å²) in [4.78, 5) is 16.1. The van der Waals surface area contributed by atoms with Gasteiger partial charge in [0.05, 0.1) is 22.2 Å². The minimum absolute atomic E-state index is 0.217. The van der Waals surface area contributed by atoms with E-state index in [1.165, 1.54) is 0 Å². The molecule has 0 spiro atoms. The molecule has 1 atom stereocenters. The molecule has 3 aromatic carbocycles. The summed E-state index contributed by atoms with van der Waals surface area (Å²) < 4.78 is 0. The first-order valence-electron chi connectivity index (χ1n) is 10.3. The maximum Gasteiger partial charge on any atom is 0.335 e. The van der Waals surface area contributed by atoms with Crippen LogP contribution in [0.5, 0.6) is 0 Å². The van der Waals surface area contributed by atoms with Gasteiger partial charge >= 0.3 is 5.97 Å². The van der Waals surface area contributed by atoms with E-state index in [0.717, 1.165) is 33.3 Å². The van der Waals surface area contributed by atoms with Crippen LogP contribution >= 0.6 is 23.2 Å². The van der Waals surface area contributed by atoms with Crippen LogP contribution in [0.15, 0.2) is 78.9 Å². The molecule has 0 saturated carbocycles.